The van der Waals surface area contributed by atoms with Crippen LogP contribution >= 0.6 is 11.6 Å². The Bertz CT molecular complexity index is 1520. The minimum Gasteiger partial charge on any atom is -0.460 e. The van der Waals surface area contributed by atoms with Gasteiger partial charge in [-0.15, -0.1) is 0 Å². The Morgan fingerprint density at radius 3 is 1.92 bits per heavy atom. The van der Waals surface area contributed by atoms with Crippen LogP contribution in [0.3, 0.4) is 0 Å². The van der Waals surface area contributed by atoms with E-state index in [4.69, 9.17) is 49.5 Å². The van der Waals surface area contributed by atoms with Gasteiger partial charge in [-0.1, -0.05) is 29.8 Å². The number of carbonyl (C=O) groups is 6. The van der Waals surface area contributed by atoms with E-state index < -0.39 is 73.1 Å². The topological polar surface area (TPSA) is 176 Å². The zero-order valence-electron chi connectivity index (χ0n) is 26.8. The van der Waals surface area contributed by atoms with E-state index in [1.54, 1.807) is 24.3 Å². The van der Waals surface area contributed by atoms with Crippen molar-refractivity contribution in [2.45, 2.75) is 71.7 Å². The number of rotatable bonds is 13. The van der Waals surface area contributed by atoms with Crippen LogP contribution < -0.4 is 9.47 Å². The van der Waals surface area contributed by atoms with E-state index in [0.29, 0.717) is 17.0 Å². The van der Waals surface area contributed by atoms with Crippen molar-refractivity contribution in [2.24, 2.45) is 0 Å². The predicted molar refractivity (Wildman–Crippen MR) is 165 cm³/mol. The molecule has 0 radical (unpaired) electrons. The van der Waals surface area contributed by atoms with Crippen LogP contribution in [0.5, 0.6) is 11.5 Å². The maximum atomic E-state index is 12.7. The Labute approximate surface area is 281 Å². The first-order chi connectivity index (χ1) is 22.7. The van der Waals surface area contributed by atoms with E-state index >= 15 is 0 Å². The predicted octanol–water partition coefficient (Wildman–Crippen LogP) is 3.53. The lowest BCUT2D eigenvalue weighted by Crippen LogP contribution is -2.63. The smallest absolute Gasteiger partial charge is 0.330 e. The first kappa shape index (κ1) is 37.7. The highest BCUT2D eigenvalue weighted by Crippen LogP contribution is 2.31. The van der Waals surface area contributed by atoms with Crippen molar-refractivity contribution < 1.29 is 66.7 Å². The summed E-state index contributed by atoms with van der Waals surface area (Å²) in [6, 6.07) is 11.3. The van der Waals surface area contributed by atoms with Crippen molar-refractivity contribution >= 4 is 53.5 Å². The summed E-state index contributed by atoms with van der Waals surface area (Å²) in [6.07, 6.45) is -3.86. The molecule has 0 N–H and O–H groups in total. The molecule has 0 bridgehead atoms. The van der Waals surface area contributed by atoms with Crippen LogP contribution in [0, 0.1) is 0 Å². The zero-order valence-corrected chi connectivity index (χ0v) is 27.6. The van der Waals surface area contributed by atoms with Crippen LogP contribution in [0.4, 0.5) is 0 Å². The fraction of sp³-hybridized carbons (Fsp3) is 0.394. The fourth-order valence-corrected chi connectivity index (χ4v) is 4.67. The number of hydrogen-bond donors (Lipinski definition) is 0. The zero-order chi connectivity index (χ0) is 35.4. The third-order valence-corrected chi connectivity index (χ3v) is 6.61. The largest absolute Gasteiger partial charge is 0.460 e. The minimum atomic E-state index is -1.39. The number of halogens is 1. The van der Waals surface area contributed by atoms with Crippen molar-refractivity contribution in [3.05, 3.63) is 64.7 Å². The molecule has 0 aliphatic carbocycles. The van der Waals surface area contributed by atoms with Crippen LogP contribution in [-0.4, -0.2) is 79.7 Å². The van der Waals surface area contributed by atoms with E-state index in [1.807, 2.05) is 0 Å². The monoisotopic (exact) mass is 690 g/mol. The molecule has 2 aromatic carbocycles. The summed E-state index contributed by atoms with van der Waals surface area (Å²) in [6.45, 7) is 5.28. The van der Waals surface area contributed by atoms with Gasteiger partial charge in [0.25, 0.3) is 0 Å². The standard InChI is InChI=1S/C33H35ClO14/c1-18(35)43-26-12-8-24(16-27(26)44-19(2)36)9-13-29(40)42-17-28-30(45-20(3)37)31(46-21(4)38)32(47-22(5)39)33(48-28)41-15-14-23-6-10-25(34)11-7-23/h6-13,16,28,30-33H,14-15,17H2,1-5H3/b13-9+/t28-,30-,31-,32-,33-/m1/s1. The summed E-state index contributed by atoms with van der Waals surface area (Å²) in [7, 11) is 0. The normalized spacial score (nSPS) is 20.3. The molecule has 0 saturated carbocycles. The Hall–Kier alpha value is -4.79. The number of carbonyl (C=O) groups excluding carboxylic acids is 6. The fourth-order valence-electron chi connectivity index (χ4n) is 4.55. The molecule has 14 nitrogen and oxygen atoms in total. The molecule has 1 aliphatic heterocycles. The lowest BCUT2D eigenvalue weighted by Gasteiger charge is -2.44. The van der Waals surface area contributed by atoms with Crippen molar-refractivity contribution in [2.75, 3.05) is 13.2 Å². The van der Waals surface area contributed by atoms with Gasteiger partial charge in [-0.3, -0.25) is 24.0 Å². The van der Waals surface area contributed by atoms with Gasteiger partial charge in [-0.2, -0.15) is 0 Å². The van der Waals surface area contributed by atoms with Gasteiger partial charge in [0.05, 0.1) is 6.61 Å². The Balaban J connectivity index is 1.81. The second-order valence-corrected chi connectivity index (χ2v) is 10.8. The lowest BCUT2D eigenvalue weighted by molar-refractivity contribution is -0.307. The third kappa shape index (κ3) is 12.1. The highest BCUT2D eigenvalue weighted by atomic mass is 35.5. The molecule has 0 aromatic heterocycles. The highest BCUT2D eigenvalue weighted by molar-refractivity contribution is 6.30. The number of ether oxygens (including phenoxy) is 8. The summed E-state index contributed by atoms with van der Waals surface area (Å²) in [5.74, 6) is -4.49. The van der Waals surface area contributed by atoms with E-state index in [9.17, 15) is 28.8 Å². The molecule has 2 aromatic rings. The Morgan fingerprint density at radius 1 is 0.729 bits per heavy atom. The molecular formula is C33H35ClO14. The van der Waals surface area contributed by atoms with Crippen molar-refractivity contribution in [3.8, 4) is 11.5 Å². The van der Waals surface area contributed by atoms with Crippen molar-refractivity contribution in [1.29, 1.82) is 0 Å². The molecule has 3 rings (SSSR count). The summed E-state index contributed by atoms with van der Waals surface area (Å²) < 4.78 is 43.7. The number of esters is 6. The Morgan fingerprint density at radius 2 is 1.31 bits per heavy atom. The number of benzene rings is 2. The molecule has 258 valence electrons. The molecule has 0 unspecified atom stereocenters. The maximum Gasteiger partial charge on any atom is 0.330 e. The van der Waals surface area contributed by atoms with Gasteiger partial charge in [0.2, 0.25) is 0 Å². The summed E-state index contributed by atoms with van der Waals surface area (Å²) in [5, 5.41) is 0.557. The van der Waals surface area contributed by atoms with E-state index in [-0.39, 0.29) is 18.1 Å². The van der Waals surface area contributed by atoms with E-state index in [0.717, 1.165) is 32.4 Å². The first-order valence-corrected chi connectivity index (χ1v) is 15.0. The average Bonchev–Trinajstić information content (AvgIpc) is 2.99. The van der Waals surface area contributed by atoms with Crippen LogP contribution in [0.1, 0.15) is 45.7 Å². The van der Waals surface area contributed by atoms with Gasteiger partial charge in [0.1, 0.15) is 12.7 Å². The van der Waals surface area contributed by atoms with Crippen LogP contribution in [0.2, 0.25) is 5.02 Å². The maximum absolute atomic E-state index is 12.7. The minimum absolute atomic E-state index is 0.00252. The molecule has 0 spiro atoms. The van der Waals surface area contributed by atoms with Crippen LogP contribution in [0.25, 0.3) is 6.08 Å². The average molecular weight is 691 g/mol. The molecule has 1 saturated heterocycles. The molecule has 48 heavy (non-hydrogen) atoms. The van der Waals surface area contributed by atoms with Gasteiger partial charge < -0.3 is 37.9 Å². The van der Waals surface area contributed by atoms with Gasteiger partial charge in [0, 0.05) is 45.7 Å². The quantitative estimate of drug-likeness (QED) is 0.129. The number of hydrogen-bond acceptors (Lipinski definition) is 14. The van der Waals surface area contributed by atoms with Gasteiger partial charge >= 0.3 is 35.8 Å². The second-order valence-electron chi connectivity index (χ2n) is 10.4. The molecule has 1 heterocycles. The molecule has 0 amide bonds. The molecule has 1 fully saturated rings. The lowest BCUT2D eigenvalue weighted by atomic mass is 9.98. The highest BCUT2D eigenvalue weighted by Gasteiger charge is 2.52. The van der Waals surface area contributed by atoms with Crippen LogP contribution in [-0.2, 0) is 63.6 Å². The van der Waals surface area contributed by atoms with Gasteiger partial charge in [0.15, 0.2) is 36.1 Å². The molecule has 5 atom stereocenters. The summed E-state index contributed by atoms with van der Waals surface area (Å²) in [4.78, 5) is 71.9. The van der Waals surface area contributed by atoms with E-state index in [2.05, 4.69) is 0 Å². The SMILES string of the molecule is CC(=O)Oc1ccc(/C=C/C(=O)OC[C@H]2O[C@@H](OCCc3ccc(Cl)cc3)[C@H](OC(C)=O)[C@H](OC(C)=O)[C@@H]2OC(C)=O)cc1OC(C)=O. The third-order valence-electron chi connectivity index (χ3n) is 6.36. The van der Waals surface area contributed by atoms with Crippen molar-refractivity contribution in [1.82, 2.24) is 0 Å². The van der Waals surface area contributed by atoms with Crippen LogP contribution in [0.15, 0.2) is 48.5 Å². The molecule has 15 heteroatoms. The first-order valence-electron chi connectivity index (χ1n) is 14.6. The Kier molecular flexibility index (Phi) is 14.1. The van der Waals surface area contributed by atoms with Gasteiger partial charge in [-0.25, -0.2) is 4.79 Å². The van der Waals surface area contributed by atoms with E-state index in [1.165, 1.54) is 38.1 Å². The second kappa shape index (κ2) is 17.9. The molecular weight excluding hydrogens is 656 g/mol. The summed E-state index contributed by atoms with van der Waals surface area (Å²) >= 11 is 5.96. The van der Waals surface area contributed by atoms with Gasteiger partial charge in [-0.05, 0) is 47.9 Å². The summed E-state index contributed by atoms with van der Waals surface area (Å²) in [5.41, 5.74) is 1.27. The molecule has 1 aliphatic rings. The van der Waals surface area contributed by atoms with Crippen molar-refractivity contribution in [3.63, 3.8) is 0 Å².